The van der Waals surface area contributed by atoms with Crippen molar-refractivity contribution in [2.45, 2.75) is 18.9 Å². The molecule has 1 aromatic heterocycles. The first-order valence-corrected chi connectivity index (χ1v) is 8.21. The summed E-state index contributed by atoms with van der Waals surface area (Å²) < 4.78 is 0.934. The molecular weight excluding hydrogens is 350 g/mol. The lowest BCUT2D eigenvalue weighted by Gasteiger charge is -2.13. The van der Waals surface area contributed by atoms with Gasteiger partial charge in [0.25, 0.3) is 5.56 Å². The largest absolute Gasteiger partial charge is 0.508 e. The predicted octanol–water partition coefficient (Wildman–Crippen LogP) is 1.60. The number of hydrogen-bond donors (Lipinski definition) is 3. The maximum atomic E-state index is 12.9. The second-order valence-electron chi connectivity index (χ2n) is 6.02. The van der Waals surface area contributed by atoms with Crippen LogP contribution in [-0.4, -0.2) is 37.7 Å². The molecule has 0 saturated heterocycles. The normalized spacial score (nSPS) is 12.0. The van der Waals surface area contributed by atoms with E-state index in [1.54, 1.807) is 36.4 Å². The van der Waals surface area contributed by atoms with Crippen LogP contribution in [0.2, 0.25) is 0 Å². The van der Waals surface area contributed by atoms with Crippen molar-refractivity contribution in [1.82, 2.24) is 9.55 Å². The standard InChI is InChI=1S/C19H17N3O5/c20-14(19(26)27)9-10-16(24)22-17(11-5-7-12(23)8-6-11)21-15-4-2-1-3-13(15)18(22)25/h1-8,14,23H,9-10,20H2,(H,26,27). The quantitative estimate of drug-likeness (QED) is 0.623. The molecule has 8 nitrogen and oxygen atoms in total. The van der Waals surface area contributed by atoms with Gasteiger partial charge >= 0.3 is 5.97 Å². The van der Waals surface area contributed by atoms with Crippen molar-refractivity contribution in [3.05, 3.63) is 58.9 Å². The van der Waals surface area contributed by atoms with Gasteiger partial charge in [-0.2, -0.15) is 0 Å². The van der Waals surface area contributed by atoms with Gasteiger partial charge in [-0.1, -0.05) is 12.1 Å². The second-order valence-corrected chi connectivity index (χ2v) is 6.02. The number of nitrogens with zero attached hydrogens (tertiary/aromatic N) is 2. The van der Waals surface area contributed by atoms with Crippen LogP contribution in [0.15, 0.2) is 53.3 Å². The third-order valence-electron chi connectivity index (χ3n) is 4.14. The summed E-state index contributed by atoms with van der Waals surface area (Å²) in [6, 6.07) is 11.4. The minimum atomic E-state index is -1.22. The van der Waals surface area contributed by atoms with E-state index >= 15 is 0 Å². The average molecular weight is 367 g/mol. The lowest BCUT2D eigenvalue weighted by molar-refractivity contribution is -0.138. The van der Waals surface area contributed by atoms with Gasteiger partial charge in [-0.15, -0.1) is 0 Å². The fourth-order valence-corrected chi connectivity index (χ4v) is 2.68. The molecule has 8 heteroatoms. The van der Waals surface area contributed by atoms with E-state index in [4.69, 9.17) is 10.8 Å². The molecule has 3 rings (SSSR count). The predicted molar refractivity (Wildman–Crippen MR) is 98.6 cm³/mol. The number of aromatic hydroxyl groups is 1. The zero-order chi connectivity index (χ0) is 19.6. The van der Waals surface area contributed by atoms with Crippen molar-refractivity contribution < 1.29 is 19.8 Å². The molecule has 0 saturated carbocycles. The number of carboxylic acid groups (broad SMARTS) is 1. The maximum absolute atomic E-state index is 12.9. The molecule has 3 aromatic rings. The SMILES string of the molecule is NC(CCC(=O)n1c(-c2ccc(O)cc2)nc2ccccc2c1=O)C(=O)O. The molecule has 1 heterocycles. The monoisotopic (exact) mass is 367 g/mol. The molecular formula is C19H17N3O5. The molecule has 0 radical (unpaired) electrons. The Hall–Kier alpha value is -3.52. The van der Waals surface area contributed by atoms with Crippen LogP contribution in [0, 0.1) is 0 Å². The van der Waals surface area contributed by atoms with Crippen LogP contribution in [0.4, 0.5) is 0 Å². The van der Waals surface area contributed by atoms with Crippen molar-refractivity contribution in [3.8, 4) is 17.1 Å². The summed E-state index contributed by atoms with van der Waals surface area (Å²) in [5.41, 5.74) is 5.80. The smallest absolute Gasteiger partial charge is 0.320 e. The van der Waals surface area contributed by atoms with E-state index < -0.39 is 23.5 Å². The Morgan fingerprint density at radius 3 is 2.44 bits per heavy atom. The minimum Gasteiger partial charge on any atom is -0.508 e. The molecule has 138 valence electrons. The van der Waals surface area contributed by atoms with Crippen LogP contribution in [0.5, 0.6) is 5.75 Å². The number of hydrogen-bond acceptors (Lipinski definition) is 6. The third-order valence-corrected chi connectivity index (χ3v) is 4.14. The van der Waals surface area contributed by atoms with Crippen LogP contribution in [-0.2, 0) is 4.79 Å². The Kier molecular flexibility index (Phi) is 5.00. The Morgan fingerprint density at radius 1 is 1.11 bits per heavy atom. The number of carbonyl (C=O) groups is 2. The number of nitrogens with two attached hydrogens (primary N) is 1. The highest BCUT2D eigenvalue weighted by Gasteiger charge is 2.20. The lowest BCUT2D eigenvalue weighted by Crippen LogP contribution is -2.34. The van der Waals surface area contributed by atoms with Gasteiger partial charge in [0.15, 0.2) is 0 Å². The van der Waals surface area contributed by atoms with Crippen molar-refractivity contribution >= 4 is 22.8 Å². The number of aromatic nitrogens is 2. The molecule has 1 atom stereocenters. The van der Waals surface area contributed by atoms with E-state index in [9.17, 15) is 19.5 Å². The van der Waals surface area contributed by atoms with E-state index in [2.05, 4.69) is 4.98 Å². The number of fused-ring (bicyclic) bond motifs is 1. The van der Waals surface area contributed by atoms with Crippen LogP contribution in [0.3, 0.4) is 0 Å². The van der Waals surface area contributed by atoms with Gasteiger partial charge in [-0.05, 0) is 42.8 Å². The maximum Gasteiger partial charge on any atom is 0.320 e. The average Bonchev–Trinajstić information content (AvgIpc) is 2.66. The van der Waals surface area contributed by atoms with Gasteiger partial charge in [0.2, 0.25) is 5.91 Å². The molecule has 0 spiro atoms. The number of para-hydroxylation sites is 1. The number of benzene rings is 2. The van der Waals surface area contributed by atoms with Gasteiger partial charge in [0.1, 0.15) is 17.6 Å². The Labute approximate surface area is 153 Å². The highest BCUT2D eigenvalue weighted by molar-refractivity contribution is 5.88. The van der Waals surface area contributed by atoms with E-state index in [1.807, 2.05) is 0 Å². The van der Waals surface area contributed by atoms with Gasteiger partial charge in [-0.3, -0.25) is 14.4 Å². The summed E-state index contributed by atoms with van der Waals surface area (Å²) >= 11 is 0. The van der Waals surface area contributed by atoms with Gasteiger partial charge < -0.3 is 15.9 Å². The van der Waals surface area contributed by atoms with E-state index in [-0.39, 0.29) is 29.8 Å². The molecule has 2 aromatic carbocycles. The zero-order valence-corrected chi connectivity index (χ0v) is 14.2. The Morgan fingerprint density at radius 2 is 1.78 bits per heavy atom. The third kappa shape index (κ3) is 3.70. The summed E-state index contributed by atoms with van der Waals surface area (Å²) in [5, 5.41) is 18.6. The van der Waals surface area contributed by atoms with Crippen LogP contribution >= 0.6 is 0 Å². The summed E-state index contributed by atoms with van der Waals surface area (Å²) in [6.45, 7) is 0. The first-order valence-electron chi connectivity index (χ1n) is 8.21. The van der Waals surface area contributed by atoms with Crippen LogP contribution in [0.1, 0.15) is 17.6 Å². The number of aliphatic carboxylic acids is 1. The molecule has 0 aliphatic carbocycles. The molecule has 0 amide bonds. The molecule has 0 fully saturated rings. The van der Waals surface area contributed by atoms with Gasteiger partial charge in [0.05, 0.1) is 10.9 Å². The Bertz CT molecular complexity index is 1070. The Balaban J connectivity index is 2.13. The number of rotatable bonds is 5. The summed E-state index contributed by atoms with van der Waals surface area (Å²) in [6.07, 6.45) is -0.332. The molecule has 0 aliphatic rings. The lowest BCUT2D eigenvalue weighted by atomic mass is 10.1. The molecule has 27 heavy (non-hydrogen) atoms. The first-order chi connectivity index (χ1) is 12.9. The summed E-state index contributed by atoms with van der Waals surface area (Å²) in [5.74, 6) is -1.66. The second kappa shape index (κ2) is 7.38. The molecule has 0 aliphatic heterocycles. The molecule has 4 N–H and O–H groups in total. The summed E-state index contributed by atoms with van der Waals surface area (Å²) in [7, 11) is 0. The topological polar surface area (TPSA) is 136 Å². The fourth-order valence-electron chi connectivity index (χ4n) is 2.68. The van der Waals surface area contributed by atoms with E-state index in [0.29, 0.717) is 11.1 Å². The van der Waals surface area contributed by atoms with E-state index in [1.165, 1.54) is 12.1 Å². The van der Waals surface area contributed by atoms with Crippen LogP contribution < -0.4 is 11.3 Å². The van der Waals surface area contributed by atoms with Gasteiger partial charge in [0, 0.05) is 12.0 Å². The van der Waals surface area contributed by atoms with Crippen molar-refractivity contribution in [2.75, 3.05) is 0 Å². The highest BCUT2D eigenvalue weighted by Crippen LogP contribution is 2.22. The van der Waals surface area contributed by atoms with Crippen LogP contribution in [0.25, 0.3) is 22.3 Å². The van der Waals surface area contributed by atoms with Crippen molar-refractivity contribution in [2.24, 2.45) is 5.73 Å². The van der Waals surface area contributed by atoms with E-state index in [0.717, 1.165) is 4.57 Å². The van der Waals surface area contributed by atoms with Crippen molar-refractivity contribution in [1.29, 1.82) is 0 Å². The highest BCUT2D eigenvalue weighted by atomic mass is 16.4. The number of carbonyl (C=O) groups excluding carboxylic acids is 1. The zero-order valence-electron chi connectivity index (χ0n) is 14.2. The number of phenolic OH excluding ortho intramolecular Hbond substituents is 1. The first kappa shape index (κ1) is 18.3. The fraction of sp³-hybridized carbons (Fsp3) is 0.158. The number of carboxylic acids is 1. The minimum absolute atomic E-state index is 0.0344. The molecule has 0 bridgehead atoms. The molecule has 1 unspecified atom stereocenters. The summed E-state index contributed by atoms with van der Waals surface area (Å²) in [4.78, 5) is 40.9. The van der Waals surface area contributed by atoms with Crippen molar-refractivity contribution in [3.63, 3.8) is 0 Å². The van der Waals surface area contributed by atoms with Gasteiger partial charge in [-0.25, -0.2) is 9.55 Å². The number of phenols is 1.